The van der Waals surface area contributed by atoms with Crippen molar-refractivity contribution < 1.29 is 22.1 Å². The third-order valence-electron chi connectivity index (χ3n) is 3.97. The molecule has 2 aromatic carbocycles. The molecule has 22 heavy (non-hydrogen) atoms. The molecule has 4 heteroatoms. The number of phenols is 1. The molecule has 0 spiro atoms. The van der Waals surface area contributed by atoms with E-state index in [0.29, 0.717) is 5.75 Å². The van der Waals surface area contributed by atoms with Gasteiger partial charge in [-0.3, -0.25) is 0 Å². The first-order valence-corrected chi connectivity index (χ1v) is 7.30. The summed E-state index contributed by atoms with van der Waals surface area (Å²) in [6.45, 7) is 8.26. The van der Waals surface area contributed by atoms with Crippen LogP contribution in [0.2, 0.25) is 0 Å². The summed E-state index contributed by atoms with van der Waals surface area (Å²) in [6.07, 6.45) is 2.10. The highest BCUT2D eigenvalue weighted by atomic mass is 35.5. The van der Waals surface area contributed by atoms with Gasteiger partial charge in [0, 0.05) is 0 Å². The van der Waals surface area contributed by atoms with Crippen LogP contribution >= 0.6 is 0 Å². The maximum atomic E-state index is 9.99. The number of phenolic OH excluding ortho intramolecular Hbond substituents is 1. The standard InChI is InChI=1S/C18H20N2O.ClH/c1-13-10-14(2)18(15(3)11-13)20-9-8-19(12-20)16-6-4-5-7-17(16)21;/h4-7,10-12H,8-9H2,1-3H3;1H. The van der Waals surface area contributed by atoms with Crippen molar-refractivity contribution in [1.82, 2.24) is 0 Å². The molecule has 1 aliphatic rings. The summed E-state index contributed by atoms with van der Waals surface area (Å²) in [5, 5.41) is 9.99. The van der Waals surface area contributed by atoms with Gasteiger partial charge in [0.2, 0.25) is 6.34 Å². The second kappa shape index (κ2) is 6.41. The van der Waals surface area contributed by atoms with E-state index in [2.05, 4.69) is 48.7 Å². The predicted molar refractivity (Wildman–Crippen MR) is 87.0 cm³/mol. The average molecular weight is 317 g/mol. The fourth-order valence-electron chi connectivity index (χ4n) is 3.18. The van der Waals surface area contributed by atoms with Crippen molar-refractivity contribution in [2.75, 3.05) is 18.0 Å². The summed E-state index contributed by atoms with van der Waals surface area (Å²) in [7, 11) is 0. The molecule has 3 nitrogen and oxygen atoms in total. The highest BCUT2D eigenvalue weighted by Gasteiger charge is 2.26. The Kier molecular flexibility index (Phi) is 4.77. The quantitative estimate of drug-likeness (QED) is 0.818. The average Bonchev–Trinajstić information content (AvgIpc) is 2.87. The second-order valence-corrected chi connectivity index (χ2v) is 5.74. The van der Waals surface area contributed by atoms with Crippen molar-refractivity contribution in [3.63, 3.8) is 0 Å². The number of anilines is 1. The lowest BCUT2D eigenvalue weighted by molar-refractivity contribution is -0.425. The molecule has 0 fully saturated rings. The minimum absolute atomic E-state index is 0. The Morgan fingerprint density at radius 1 is 1.05 bits per heavy atom. The first-order valence-electron chi connectivity index (χ1n) is 7.30. The van der Waals surface area contributed by atoms with Crippen molar-refractivity contribution in [3.8, 4) is 5.75 Å². The van der Waals surface area contributed by atoms with E-state index in [0.717, 1.165) is 18.8 Å². The number of halogens is 1. The first-order chi connectivity index (χ1) is 10.1. The monoisotopic (exact) mass is 316 g/mol. The molecule has 0 saturated carbocycles. The molecule has 1 heterocycles. The SMILES string of the molecule is Cc1cc(C)c([N+]2=CN(c3ccccc3O)CC2)c(C)c1.[Cl-]. The zero-order valence-corrected chi connectivity index (χ0v) is 13.9. The van der Waals surface area contributed by atoms with Gasteiger partial charge in [0.1, 0.15) is 18.8 Å². The van der Waals surface area contributed by atoms with Crippen LogP contribution in [0.25, 0.3) is 0 Å². The van der Waals surface area contributed by atoms with Crippen LogP contribution in [0.15, 0.2) is 36.4 Å². The summed E-state index contributed by atoms with van der Waals surface area (Å²) in [4.78, 5) is 2.11. The molecule has 116 valence electrons. The Hall–Kier alpha value is -2.00. The van der Waals surface area contributed by atoms with E-state index >= 15 is 0 Å². The van der Waals surface area contributed by atoms with Crippen molar-refractivity contribution in [2.24, 2.45) is 0 Å². The number of aromatic hydroxyl groups is 1. The molecule has 0 bridgehead atoms. The van der Waals surface area contributed by atoms with Crippen LogP contribution < -0.4 is 17.3 Å². The van der Waals surface area contributed by atoms with Crippen LogP contribution in [0, 0.1) is 20.8 Å². The van der Waals surface area contributed by atoms with Crippen LogP contribution in [0.1, 0.15) is 16.7 Å². The zero-order valence-electron chi connectivity index (χ0n) is 13.2. The summed E-state index contributed by atoms with van der Waals surface area (Å²) >= 11 is 0. The smallest absolute Gasteiger partial charge is 0.244 e. The summed E-state index contributed by atoms with van der Waals surface area (Å²) < 4.78 is 2.27. The number of para-hydroxylation sites is 2. The van der Waals surface area contributed by atoms with E-state index in [1.54, 1.807) is 6.07 Å². The van der Waals surface area contributed by atoms with Crippen molar-refractivity contribution in [2.45, 2.75) is 20.8 Å². The highest BCUT2D eigenvalue weighted by molar-refractivity contribution is 5.81. The van der Waals surface area contributed by atoms with Gasteiger partial charge in [0.05, 0.1) is 0 Å². The number of aryl methyl sites for hydroxylation is 3. The van der Waals surface area contributed by atoms with Gasteiger partial charge in [-0.2, -0.15) is 0 Å². The third-order valence-corrected chi connectivity index (χ3v) is 3.97. The normalized spacial score (nSPS) is 13.8. The zero-order chi connectivity index (χ0) is 15.0. The number of hydrogen-bond acceptors (Lipinski definition) is 2. The first kappa shape index (κ1) is 16.4. The molecule has 0 amide bonds. The molecule has 0 aliphatic carbocycles. The molecule has 0 aromatic heterocycles. The number of nitrogens with zero attached hydrogens (tertiary/aromatic N) is 2. The second-order valence-electron chi connectivity index (χ2n) is 5.74. The molecule has 1 N–H and O–H groups in total. The number of benzene rings is 2. The van der Waals surface area contributed by atoms with Crippen molar-refractivity contribution in [1.29, 1.82) is 0 Å². The Morgan fingerprint density at radius 2 is 1.68 bits per heavy atom. The minimum atomic E-state index is 0. The van der Waals surface area contributed by atoms with Gasteiger partial charge in [-0.05, 0) is 44.0 Å². The third kappa shape index (κ3) is 2.95. The molecular formula is C18H21ClN2O. The van der Waals surface area contributed by atoms with E-state index in [9.17, 15) is 5.11 Å². The lowest BCUT2D eigenvalue weighted by atomic mass is 10.0. The van der Waals surface area contributed by atoms with Gasteiger partial charge in [0.15, 0.2) is 11.4 Å². The Bertz CT molecular complexity index is 702. The maximum absolute atomic E-state index is 9.99. The summed E-state index contributed by atoms with van der Waals surface area (Å²) in [6, 6.07) is 11.9. The van der Waals surface area contributed by atoms with Gasteiger partial charge in [-0.15, -0.1) is 0 Å². The predicted octanol–water partition coefficient (Wildman–Crippen LogP) is 0.514. The van der Waals surface area contributed by atoms with Crippen LogP contribution in [0.3, 0.4) is 0 Å². The molecule has 0 unspecified atom stereocenters. The van der Waals surface area contributed by atoms with Gasteiger partial charge in [0.25, 0.3) is 0 Å². The van der Waals surface area contributed by atoms with Crippen molar-refractivity contribution >= 4 is 17.7 Å². The minimum Gasteiger partial charge on any atom is -1.00 e. The number of rotatable bonds is 2. The van der Waals surface area contributed by atoms with Gasteiger partial charge in [-0.1, -0.05) is 29.8 Å². The number of hydrogen-bond donors (Lipinski definition) is 1. The molecule has 1 aliphatic heterocycles. The van der Waals surface area contributed by atoms with Crippen LogP contribution in [0.4, 0.5) is 11.4 Å². The van der Waals surface area contributed by atoms with E-state index in [1.165, 1.54) is 22.4 Å². The maximum Gasteiger partial charge on any atom is 0.244 e. The molecule has 0 radical (unpaired) electrons. The van der Waals surface area contributed by atoms with Crippen LogP contribution in [0.5, 0.6) is 5.75 Å². The van der Waals surface area contributed by atoms with E-state index in [4.69, 9.17) is 0 Å². The molecule has 3 rings (SSSR count). The lowest BCUT2D eigenvalue weighted by Crippen LogP contribution is -3.00. The molecule has 0 atom stereocenters. The highest BCUT2D eigenvalue weighted by Crippen LogP contribution is 2.30. The Labute approximate surface area is 137 Å². The Balaban J connectivity index is 0.00000176. The van der Waals surface area contributed by atoms with Gasteiger partial charge < -0.3 is 17.5 Å². The summed E-state index contributed by atoms with van der Waals surface area (Å²) in [5.41, 5.74) is 6.03. The fraction of sp³-hybridized carbons (Fsp3) is 0.278. The van der Waals surface area contributed by atoms with Crippen molar-refractivity contribution in [3.05, 3.63) is 53.1 Å². The van der Waals surface area contributed by atoms with E-state index in [1.807, 2.05) is 18.2 Å². The Morgan fingerprint density at radius 3 is 2.32 bits per heavy atom. The van der Waals surface area contributed by atoms with Gasteiger partial charge >= 0.3 is 0 Å². The van der Waals surface area contributed by atoms with Crippen LogP contribution in [-0.4, -0.2) is 29.1 Å². The molecule has 2 aromatic rings. The largest absolute Gasteiger partial charge is 1.00 e. The molecular weight excluding hydrogens is 296 g/mol. The topological polar surface area (TPSA) is 26.5 Å². The molecule has 0 saturated heterocycles. The van der Waals surface area contributed by atoms with E-state index in [-0.39, 0.29) is 12.4 Å². The van der Waals surface area contributed by atoms with Crippen LogP contribution in [-0.2, 0) is 0 Å². The van der Waals surface area contributed by atoms with Gasteiger partial charge in [-0.25, -0.2) is 9.48 Å². The fourth-order valence-corrected chi connectivity index (χ4v) is 3.18. The lowest BCUT2D eigenvalue weighted by Gasteiger charge is -2.09. The summed E-state index contributed by atoms with van der Waals surface area (Å²) in [5.74, 6) is 0.327. The van der Waals surface area contributed by atoms with E-state index < -0.39 is 0 Å².